The van der Waals surface area contributed by atoms with E-state index in [2.05, 4.69) is 5.32 Å². The normalized spacial score (nSPS) is 26.7. The number of furan rings is 1. The SMILES string of the molecule is O=C(NC(Cc1coc2ccccc12)B(O)O)[C@@H]1C[C@@H]2CC[C@H]1O2. The highest BCUT2D eigenvalue weighted by molar-refractivity contribution is 6.43. The third-order valence-electron chi connectivity index (χ3n) is 5.13. The van der Waals surface area contributed by atoms with E-state index in [1.165, 1.54) is 0 Å². The molecule has 6 nitrogen and oxygen atoms in total. The van der Waals surface area contributed by atoms with Gasteiger partial charge in [-0.25, -0.2) is 0 Å². The highest BCUT2D eigenvalue weighted by Crippen LogP contribution is 2.38. The second-order valence-corrected chi connectivity index (χ2v) is 6.71. The first-order chi connectivity index (χ1) is 11.6. The van der Waals surface area contributed by atoms with Crippen molar-refractivity contribution in [3.8, 4) is 0 Å². The molecule has 0 spiro atoms. The van der Waals surface area contributed by atoms with Gasteiger partial charge in [-0.2, -0.15) is 0 Å². The lowest BCUT2D eigenvalue weighted by Gasteiger charge is -2.23. The van der Waals surface area contributed by atoms with Crippen molar-refractivity contribution in [1.29, 1.82) is 0 Å². The van der Waals surface area contributed by atoms with Gasteiger partial charge in [0.1, 0.15) is 5.58 Å². The van der Waals surface area contributed by atoms with Crippen LogP contribution < -0.4 is 5.32 Å². The van der Waals surface area contributed by atoms with Crippen LogP contribution in [-0.2, 0) is 16.0 Å². The number of para-hydroxylation sites is 1. The molecule has 3 heterocycles. The average molecular weight is 329 g/mol. The van der Waals surface area contributed by atoms with Gasteiger partial charge < -0.3 is 24.5 Å². The van der Waals surface area contributed by atoms with Crippen molar-refractivity contribution in [2.24, 2.45) is 5.92 Å². The third kappa shape index (κ3) is 2.83. The predicted octanol–water partition coefficient (Wildman–Crippen LogP) is 1.04. The van der Waals surface area contributed by atoms with Crippen LogP contribution in [-0.4, -0.2) is 41.2 Å². The molecule has 2 aliphatic rings. The van der Waals surface area contributed by atoms with Gasteiger partial charge in [0.15, 0.2) is 0 Å². The highest BCUT2D eigenvalue weighted by Gasteiger charge is 2.45. The minimum atomic E-state index is -1.64. The average Bonchev–Trinajstić information content (AvgIpc) is 3.29. The molecule has 2 fully saturated rings. The first kappa shape index (κ1) is 15.7. The van der Waals surface area contributed by atoms with Crippen LogP contribution in [0, 0.1) is 5.92 Å². The van der Waals surface area contributed by atoms with Gasteiger partial charge in [0.25, 0.3) is 0 Å². The Morgan fingerprint density at radius 1 is 1.33 bits per heavy atom. The van der Waals surface area contributed by atoms with Crippen LogP contribution in [0.3, 0.4) is 0 Å². The van der Waals surface area contributed by atoms with Crippen molar-refractivity contribution >= 4 is 24.0 Å². The van der Waals surface area contributed by atoms with Crippen molar-refractivity contribution in [3.63, 3.8) is 0 Å². The van der Waals surface area contributed by atoms with Crippen LogP contribution in [0.2, 0.25) is 0 Å². The fraction of sp³-hybridized carbons (Fsp3) is 0.471. The molecule has 2 aromatic rings. The van der Waals surface area contributed by atoms with Gasteiger partial charge in [-0.05, 0) is 37.3 Å². The van der Waals surface area contributed by atoms with E-state index in [-0.39, 0.29) is 24.0 Å². The van der Waals surface area contributed by atoms with Gasteiger partial charge in [0, 0.05) is 5.39 Å². The number of amides is 1. The zero-order valence-electron chi connectivity index (χ0n) is 13.2. The molecule has 1 amide bonds. The Labute approximate surface area is 139 Å². The second kappa shape index (κ2) is 6.24. The molecule has 2 aliphatic heterocycles. The van der Waals surface area contributed by atoms with Gasteiger partial charge in [-0.1, -0.05) is 18.2 Å². The van der Waals surface area contributed by atoms with E-state index in [0.717, 1.165) is 35.8 Å². The molecule has 1 unspecified atom stereocenters. The largest absolute Gasteiger partial charge is 0.475 e. The number of carbonyl (C=O) groups is 1. The summed E-state index contributed by atoms with van der Waals surface area (Å²) >= 11 is 0. The molecule has 3 N–H and O–H groups in total. The lowest BCUT2D eigenvalue weighted by Crippen LogP contribution is -2.50. The van der Waals surface area contributed by atoms with E-state index in [0.29, 0.717) is 6.42 Å². The summed E-state index contributed by atoms with van der Waals surface area (Å²) in [5.41, 5.74) is 1.58. The number of fused-ring (bicyclic) bond motifs is 3. The number of ether oxygens (including phenoxy) is 1. The monoisotopic (exact) mass is 329 g/mol. The van der Waals surface area contributed by atoms with Crippen molar-refractivity contribution in [1.82, 2.24) is 5.32 Å². The molecule has 24 heavy (non-hydrogen) atoms. The Balaban J connectivity index is 1.47. The smallest absolute Gasteiger partial charge is 0.464 e. The van der Waals surface area contributed by atoms with Crippen LogP contribution in [0.4, 0.5) is 0 Å². The zero-order valence-corrected chi connectivity index (χ0v) is 13.2. The standard InChI is InChI=1S/C17H20BNO5/c20-17(13-8-11-5-6-15(13)24-11)19-16(18(21)22)7-10-9-23-14-4-2-1-3-12(10)14/h1-4,9,11,13,15-16,21-22H,5-8H2,(H,19,20)/t11-,13+,15+,16?/m0/s1. The highest BCUT2D eigenvalue weighted by atomic mass is 16.5. The molecule has 2 saturated heterocycles. The van der Waals surface area contributed by atoms with Gasteiger partial charge in [0.2, 0.25) is 5.91 Å². The molecule has 2 bridgehead atoms. The summed E-state index contributed by atoms with van der Waals surface area (Å²) in [7, 11) is -1.64. The molecule has 1 aromatic heterocycles. The number of hydrogen-bond donors (Lipinski definition) is 3. The lowest BCUT2D eigenvalue weighted by atomic mass is 9.75. The summed E-state index contributed by atoms with van der Waals surface area (Å²) < 4.78 is 11.2. The second-order valence-electron chi connectivity index (χ2n) is 6.71. The van der Waals surface area contributed by atoms with Gasteiger partial charge in [-0.3, -0.25) is 4.79 Å². The molecule has 7 heteroatoms. The van der Waals surface area contributed by atoms with Crippen molar-refractivity contribution in [2.75, 3.05) is 0 Å². The minimum Gasteiger partial charge on any atom is -0.464 e. The van der Waals surface area contributed by atoms with Crippen molar-refractivity contribution in [3.05, 3.63) is 36.1 Å². The molecular formula is C17H20BNO5. The molecule has 0 radical (unpaired) electrons. The summed E-state index contributed by atoms with van der Waals surface area (Å²) in [4.78, 5) is 12.5. The molecule has 4 atom stereocenters. The molecule has 4 rings (SSSR count). The Hall–Kier alpha value is -1.83. The van der Waals surface area contributed by atoms with E-state index in [9.17, 15) is 14.8 Å². The molecule has 1 aromatic carbocycles. The summed E-state index contributed by atoms with van der Waals surface area (Å²) in [6.07, 6.45) is 4.69. The van der Waals surface area contributed by atoms with Gasteiger partial charge in [-0.15, -0.1) is 0 Å². The van der Waals surface area contributed by atoms with Crippen LogP contribution in [0.25, 0.3) is 11.0 Å². The Morgan fingerprint density at radius 3 is 2.88 bits per heavy atom. The summed E-state index contributed by atoms with van der Waals surface area (Å²) in [6, 6.07) is 7.55. The minimum absolute atomic E-state index is 0.0266. The zero-order chi connectivity index (χ0) is 16.7. The fourth-order valence-corrected chi connectivity index (χ4v) is 3.86. The van der Waals surface area contributed by atoms with Crippen LogP contribution >= 0.6 is 0 Å². The number of hydrogen-bond acceptors (Lipinski definition) is 5. The van der Waals surface area contributed by atoms with Gasteiger partial charge in [0.05, 0.1) is 30.3 Å². The lowest BCUT2D eigenvalue weighted by molar-refractivity contribution is -0.126. The number of carbonyl (C=O) groups excluding carboxylic acids is 1. The third-order valence-corrected chi connectivity index (χ3v) is 5.13. The Bertz CT molecular complexity index is 745. The summed E-state index contributed by atoms with van der Waals surface area (Å²) in [5, 5.41) is 23.1. The van der Waals surface area contributed by atoms with Crippen LogP contribution in [0.5, 0.6) is 0 Å². The summed E-state index contributed by atoms with van der Waals surface area (Å²) in [6.45, 7) is 0. The Morgan fingerprint density at radius 2 is 2.17 bits per heavy atom. The molecular weight excluding hydrogens is 309 g/mol. The maximum Gasteiger partial charge on any atom is 0.475 e. The van der Waals surface area contributed by atoms with Crippen molar-refractivity contribution < 1.29 is 24.0 Å². The summed E-state index contributed by atoms with van der Waals surface area (Å²) in [5.74, 6) is -1.13. The predicted molar refractivity (Wildman–Crippen MR) is 88.0 cm³/mol. The van der Waals surface area contributed by atoms with Crippen LogP contribution in [0.15, 0.2) is 34.9 Å². The van der Waals surface area contributed by atoms with E-state index < -0.39 is 13.1 Å². The maximum absolute atomic E-state index is 12.5. The number of rotatable bonds is 5. The topological polar surface area (TPSA) is 91.9 Å². The van der Waals surface area contributed by atoms with E-state index >= 15 is 0 Å². The molecule has 0 aliphatic carbocycles. The van der Waals surface area contributed by atoms with Gasteiger partial charge >= 0.3 is 7.12 Å². The molecule has 0 saturated carbocycles. The Kier molecular flexibility index (Phi) is 4.08. The van der Waals surface area contributed by atoms with E-state index in [1.54, 1.807) is 6.26 Å². The number of nitrogens with one attached hydrogen (secondary N) is 1. The number of benzene rings is 1. The van der Waals surface area contributed by atoms with E-state index in [1.807, 2.05) is 24.3 Å². The van der Waals surface area contributed by atoms with Crippen LogP contribution in [0.1, 0.15) is 24.8 Å². The fourth-order valence-electron chi connectivity index (χ4n) is 3.86. The van der Waals surface area contributed by atoms with Crippen molar-refractivity contribution in [2.45, 2.75) is 43.8 Å². The molecule has 126 valence electrons. The first-order valence-corrected chi connectivity index (χ1v) is 8.39. The quantitative estimate of drug-likeness (QED) is 0.713. The maximum atomic E-state index is 12.5. The first-order valence-electron chi connectivity index (χ1n) is 8.39. The van der Waals surface area contributed by atoms with E-state index in [4.69, 9.17) is 9.15 Å².